The van der Waals surface area contributed by atoms with Crippen molar-refractivity contribution in [1.29, 1.82) is 0 Å². The molecule has 0 aliphatic rings. The number of carboxylic acid groups (broad SMARTS) is 1. The molecule has 0 radical (unpaired) electrons. The summed E-state index contributed by atoms with van der Waals surface area (Å²) >= 11 is 7.28. The number of nitrogens with zero attached hydrogens (tertiary/aromatic N) is 3. The summed E-state index contributed by atoms with van der Waals surface area (Å²) in [5, 5.41) is 17.8. The Morgan fingerprint density at radius 3 is 2.67 bits per heavy atom. The third-order valence-electron chi connectivity index (χ3n) is 2.43. The monoisotopic (exact) mass is 283 g/mol. The van der Waals surface area contributed by atoms with E-state index in [9.17, 15) is 4.79 Å². The predicted molar refractivity (Wildman–Crippen MR) is 68.3 cm³/mol. The van der Waals surface area contributed by atoms with E-state index in [0.717, 1.165) is 15.9 Å². The molecule has 0 amide bonds. The second-order valence-electron chi connectivity index (χ2n) is 3.64. The van der Waals surface area contributed by atoms with Gasteiger partial charge in [0.2, 0.25) is 0 Å². The molecule has 0 spiro atoms. The first kappa shape index (κ1) is 12.9. The molecule has 0 aliphatic heterocycles. The van der Waals surface area contributed by atoms with Crippen LogP contribution in [0.5, 0.6) is 0 Å². The quantitative estimate of drug-likeness (QED) is 0.938. The van der Waals surface area contributed by atoms with E-state index in [0.29, 0.717) is 0 Å². The molecular formula is C11H10ClN3O2S. The molecule has 0 fully saturated rings. The van der Waals surface area contributed by atoms with Crippen molar-refractivity contribution in [2.75, 3.05) is 0 Å². The number of halogens is 1. The molecule has 7 heteroatoms. The Kier molecular flexibility index (Phi) is 3.58. The van der Waals surface area contributed by atoms with Gasteiger partial charge in [-0.1, -0.05) is 11.6 Å². The standard InChI is InChI=1S/C11H10ClN3O2S/c1-6-13-14-11(15(6)2)18-7-3-4-8(10(16)17)9(12)5-7/h3-5H,1-2H3,(H,16,17). The Bertz CT molecular complexity index is 612. The molecule has 1 heterocycles. The van der Waals surface area contributed by atoms with Gasteiger partial charge in [-0.05, 0) is 36.9 Å². The summed E-state index contributed by atoms with van der Waals surface area (Å²) < 4.78 is 1.85. The van der Waals surface area contributed by atoms with Gasteiger partial charge in [0, 0.05) is 11.9 Å². The molecular weight excluding hydrogens is 274 g/mol. The molecule has 1 aromatic heterocycles. The number of hydrogen-bond acceptors (Lipinski definition) is 4. The second-order valence-corrected chi connectivity index (χ2v) is 5.09. The Balaban J connectivity index is 2.28. The van der Waals surface area contributed by atoms with E-state index in [2.05, 4.69) is 10.2 Å². The minimum absolute atomic E-state index is 0.0927. The lowest BCUT2D eigenvalue weighted by Crippen LogP contribution is -1.97. The number of aryl methyl sites for hydroxylation is 1. The van der Waals surface area contributed by atoms with E-state index in [1.807, 2.05) is 18.5 Å². The third kappa shape index (κ3) is 2.49. The minimum atomic E-state index is -1.04. The molecule has 1 N–H and O–H groups in total. The summed E-state index contributed by atoms with van der Waals surface area (Å²) in [6.45, 7) is 1.86. The van der Waals surface area contributed by atoms with Crippen molar-refractivity contribution < 1.29 is 9.90 Å². The highest BCUT2D eigenvalue weighted by atomic mass is 35.5. The molecule has 2 rings (SSSR count). The average molecular weight is 284 g/mol. The summed E-state index contributed by atoms with van der Waals surface area (Å²) in [6, 6.07) is 4.79. The number of carbonyl (C=O) groups is 1. The smallest absolute Gasteiger partial charge is 0.337 e. The first-order valence-electron chi connectivity index (χ1n) is 5.05. The fourth-order valence-electron chi connectivity index (χ4n) is 1.31. The van der Waals surface area contributed by atoms with Gasteiger partial charge >= 0.3 is 5.97 Å². The van der Waals surface area contributed by atoms with Crippen LogP contribution >= 0.6 is 23.4 Å². The number of hydrogen-bond donors (Lipinski definition) is 1. The molecule has 0 unspecified atom stereocenters. The zero-order valence-electron chi connectivity index (χ0n) is 9.72. The summed E-state index contributed by atoms with van der Waals surface area (Å²) in [4.78, 5) is 11.7. The van der Waals surface area contributed by atoms with Crippen LogP contribution in [0, 0.1) is 6.92 Å². The Labute approximate surface area is 113 Å². The maximum absolute atomic E-state index is 10.8. The number of rotatable bonds is 3. The fraction of sp³-hybridized carbons (Fsp3) is 0.182. The van der Waals surface area contributed by atoms with Crippen LogP contribution in [0.2, 0.25) is 5.02 Å². The van der Waals surface area contributed by atoms with Crippen LogP contribution in [0.1, 0.15) is 16.2 Å². The molecule has 94 valence electrons. The first-order valence-corrected chi connectivity index (χ1v) is 6.25. The highest BCUT2D eigenvalue weighted by molar-refractivity contribution is 7.99. The van der Waals surface area contributed by atoms with Crippen molar-refractivity contribution in [3.8, 4) is 0 Å². The summed E-state index contributed by atoms with van der Waals surface area (Å²) in [7, 11) is 1.87. The van der Waals surface area contributed by atoms with E-state index >= 15 is 0 Å². The van der Waals surface area contributed by atoms with Crippen LogP contribution < -0.4 is 0 Å². The lowest BCUT2D eigenvalue weighted by Gasteiger charge is -2.04. The van der Waals surface area contributed by atoms with Crippen LogP contribution in [-0.2, 0) is 7.05 Å². The number of benzene rings is 1. The fourth-order valence-corrected chi connectivity index (χ4v) is 2.52. The zero-order valence-corrected chi connectivity index (χ0v) is 11.3. The molecule has 1 aromatic carbocycles. The molecule has 2 aromatic rings. The van der Waals surface area contributed by atoms with Crippen molar-refractivity contribution >= 4 is 29.3 Å². The summed E-state index contributed by atoms with van der Waals surface area (Å²) in [5.74, 6) is -0.225. The predicted octanol–water partition coefficient (Wildman–Crippen LogP) is 2.63. The van der Waals surface area contributed by atoms with Crippen molar-refractivity contribution in [2.24, 2.45) is 7.05 Å². The van der Waals surface area contributed by atoms with E-state index in [1.54, 1.807) is 12.1 Å². The molecule has 0 aliphatic carbocycles. The molecule has 0 atom stereocenters. The van der Waals surface area contributed by atoms with Gasteiger partial charge in [0.15, 0.2) is 5.16 Å². The maximum Gasteiger partial charge on any atom is 0.337 e. The molecule has 18 heavy (non-hydrogen) atoms. The topological polar surface area (TPSA) is 68.0 Å². The minimum Gasteiger partial charge on any atom is -0.478 e. The average Bonchev–Trinajstić information content (AvgIpc) is 2.61. The number of aromatic nitrogens is 3. The van der Waals surface area contributed by atoms with Crippen LogP contribution in [0.25, 0.3) is 0 Å². The van der Waals surface area contributed by atoms with Crippen LogP contribution in [0.4, 0.5) is 0 Å². The zero-order chi connectivity index (χ0) is 13.3. The van der Waals surface area contributed by atoms with Crippen LogP contribution in [0.3, 0.4) is 0 Å². The van der Waals surface area contributed by atoms with Crippen molar-refractivity contribution in [3.05, 3.63) is 34.6 Å². The molecule has 0 saturated heterocycles. The second kappa shape index (κ2) is 4.99. The highest BCUT2D eigenvalue weighted by Gasteiger charge is 2.11. The summed E-state index contributed by atoms with van der Waals surface area (Å²) in [5.41, 5.74) is 0.0927. The number of carboxylic acids is 1. The molecule has 5 nitrogen and oxygen atoms in total. The van der Waals surface area contributed by atoms with Gasteiger partial charge in [-0.25, -0.2) is 4.79 Å². The summed E-state index contributed by atoms with van der Waals surface area (Å²) in [6.07, 6.45) is 0. The van der Waals surface area contributed by atoms with Gasteiger partial charge in [0.25, 0.3) is 0 Å². The lowest BCUT2D eigenvalue weighted by atomic mass is 10.2. The molecule has 0 saturated carbocycles. The normalized spacial score (nSPS) is 10.6. The van der Waals surface area contributed by atoms with E-state index in [4.69, 9.17) is 16.7 Å². The van der Waals surface area contributed by atoms with Gasteiger partial charge in [0.05, 0.1) is 10.6 Å². The van der Waals surface area contributed by atoms with E-state index < -0.39 is 5.97 Å². The number of aromatic carboxylic acids is 1. The Morgan fingerprint density at radius 2 is 2.17 bits per heavy atom. The van der Waals surface area contributed by atoms with Gasteiger partial charge in [0.1, 0.15) is 5.82 Å². The highest BCUT2D eigenvalue weighted by Crippen LogP contribution is 2.29. The van der Waals surface area contributed by atoms with Gasteiger partial charge in [-0.2, -0.15) is 0 Å². The Morgan fingerprint density at radius 1 is 1.44 bits per heavy atom. The van der Waals surface area contributed by atoms with Crippen molar-refractivity contribution in [2.45, 2.75) is 17.0 Å². The van der Waals surface area contributed by atoms with Crippen LogP contribution in [0.15, 0.2) is 28.3 Å². The SMILES string of the molecule is Cc1nnc(Sc2ccc(C(=O)O)c(Cl)c2)n1C. The molecule has 0 bridgehead atoms. The van der Waals surface area contributed by atoms with Gasteiger partial charge in [-0.15, -0.1) is 10.2 Å². The van der Waals surface area contributed by atoms with Crippen molar-refractivity contribution in [3.63, 3.8) is 0 Å². The van der Waals surface area contributed by atoms with Gasteiger partial charge < -0.3 is 9.67 Å². The van der Waals surface area contributed by atoms with Crippen molar-refractivity contribution in [1.82, 2.24) is 14.8 Å². The third-order valence-corrected chi connectivity index (χ3v) is 3.77. The maximum atomic E-state index is 10.8. The largest absolute Gasteiger partial charge is 0.478 e. The van der Waals surface area contributed by atoms with Gasteiger partial charge in [-0.3, -0.25) is 0 Å². The first-order chi connectivity index (χ1) is 8.49. The van der Waals surface area contributed by atoms with E-state index in [-0.39, 0.29) is 10.6 Å². The Hall–Kier alpha value is -1.53. The van der Waals surface area contributed by atoms with Crippen LogP contribution in [-0.4, -0.2) is 25.8 Å². The van der Waals surface area contributed by atoms with E-state index in [1.165, 1.54) is 17.8 Å². The lowest BCUT2D eigenvalue weighted by molar-refractivity contribution is 0.0697.